The predicted molar refractivity (Wildman–Crippen MR) is 61.7 cm³/mol. The highest BCUT2D eigenvalue weighted by atomic mass is 32.2. The number of benzene rings is 1. The number of aryl methyl sites for hydroxylation is 1. The molecule has 1 heterocycles. The molecule has 78 valence electrons. The number of hydrogen-bond acceptors (Lipinski definition) is 3. The molecule has 0 aliphatic carbocycles. The van der Waals surface area contributed by atoms with E-state index in [1.807, 2.05) is 31.6 Å². The number of rotatable bonds is 3. The van der Waals surface area contributed by atoms with Gasteiger partial charge < -0.3 is 5.73 Å². The second-order valence-electron chi connectivity index (χ2n) is 3.26. The van der Waals surface area contributed by atoms with Crippen molar-refractivity contribution in [3.63, 3.8) is 0 Å². The second-order valence-corrected chi connectivity index (χ2v) is 4.38. The van der Waals surface area contributed by atoms with Gasteiger partial charge >= 0.3 is 0 Å². The molecule has 0 amide bonds. The molecule has 2 aromatic rings. The molecule has 0 aliphatic rings. The Labute approximate surface area is 93.3 Å². The molecule has 0 unspecified atom stereocenters. The van der Waals surface area contributed by atoms with Gasteiger partial charge in [-0.3, -0.25) is 4.68 Å². The lowest BCUT2D eigenvalue weighted by Crippen LogP contribution is -1.97. The summed E-state index contributed by atoms with van der Waals surface area (Å²) in [6, 6.07) is 8.17. The van der Waals surface area contributed by atoms with Gasteiger partial charge in [0.25, 0.3) is 0 Å². The fourth-order valence-corrected chi connectivity index (χ4v) is 2.34. The van der Waals surface area contributed by atoms with Crippen LogP contribution in [0.4, 0.5) is 0 Å². The van der Waals surface area contributed by atoms with Crippen molar-refractivity contribution in [2.24, 2.45) is 12.8 Å². The Kier molecular flexibility index (Phi) is 3.08. The lowest BCUT2D eigenvalue weighted by molar-refractivity contribution is 0.766. The molecule has 15 heavy (non-hydrogen) atoms. The van der Waals surface area contributed by atoms with Gasteiger partial charge in [-0.25, -0.2) is 0 Å². The first-order valence-corrected chi connectivity index (χ1v) is 5.55. The summed E-state index contributed by atoms with van der Waals surface area (Å²) in [7, 11) is 1.92. The van der Waals surface area contributed by atoms with Gasteiger partial charge in [-0.2, -0.15) is 5.10 Å². The van der Waals surface area contributed by atoms with Gasteiger partial charge in [0.2, 0.25) is 0 Å². The van der Waals surface area contributed by atoms with Crippen molar-refractivity contribution in [2.45, 2.75) is 16.3 Å². The molecule has 0 bridgehead atoms. The van der Waals surface area contributed by atoms with Crippen LogP contribution in [0.2, 0.25) is 0 Å². The van der Waals surface area contributed by atoms with Crippen molar-refractivity contribution in [3.05, 3.63) is 42.2 Å². The SMILES string of the molecule is Cn1cc(Sc2ccccc2CN)cn1. The van der Waals surface area contributed by atoms with Gasteiger partial charge in [0.05, 0.1) is 11.1 Å². The maximum absolute atomic E-state index is 5.68. The van der Waals surface area contributed by atoms with E-state index in [1.165, 1.54) is 10.5 Å². The first-order chi connectivity index (χ1) is 7.29. The maximum Gasteiger partial charge on any atom is 0.0629 e. The number of nitrogens with two attached hydrogens (primary N) is 1. The van der Waals surface area contributed by atoms with Crippen LogP contribution in [0.25, 0.3) is 0 Å². The van der Waals surface area contributed by atoms with Crippen molar-refractivity contribution in [1.82, 2.24) is 9.78 Å². The van der Waals surface area contributed by atoms with Crippen molar-refractivity contribution < 1.29 is 0 Å². The number of hydrogen-bond donors (Lipinski definition) is 1. The van der Waals surface area contributed by atoms with E-state index in [2.05, 4.69) is 17.2 Å². The second kappa shape index (κ2) is 4.51. The minimum Gasteiger partial charge on any atom is -0.326 e. The highest BCUT2D eigenvalue weighted by molar-refractivity contribution is 7.99. The van der Waals surface area contributed by atoms with E-state index in [0.29, 0.717) is 6.54 Å². The smallest absolute Gasteiger partial charge is 0.0629 e. The average molecular weight is 219 g/mol. The Morgan fingerprint density at radius 2 is 2.20 bits per heavy atom. The monoisotopic (exact) mass is 219 g/mol. The first kappa shape index (κ1) is 10.3. The number of nitrogens with zero attached hydrogens (tertiary/aromatic N) is 2. The summed E-state index contributed by atoms with van der Waals surface area (Å²) in [5.74, 6) is 0. The Morgan fingerprint density at radius 3 is 2.87 bits per heavy atom. The van der Waals surface area contributed by atoms with Crippen molar-refractivity contribution in [2.75, 3.05) is 0 Å². The van der Waals surface area contributed by atoms with Crippen LogP contribution in [0.3, 0.4) is 0 Å². The zero-order valence-corrected chi connectivity index (χ0v) is 9.37. The van der Waals surface area contributed by atoms with Crippen LogP contribution in [0.5, 0.6) is 0 Å². The van der Waals surface area contributed by atoms with Gasteiger partial charge in [0.1, 0.15) is 0 Å². The average Bonchev–Trinajstić information content (AvgIpc) is 2.65. The lowest BCUT2D eigenvalue weighted by Gasteiger charge is -2.04. The Balaban J connectivity index is 2.23. The van der Waals surface area contributed by atoms with Gasteiger partial charge in [-0.1, -0.05) is 30.0 Å². The molecule has 0 spiro atoms. The van der Waals surface area contributed by atoms with E-state index >= 15 is 0 Å². The van der Waals surface area contributed by atoms with E-state index in [4.69, 9.17) is 5.73 Å². The fraction of sp³-hybridized carbons (Fsp3) is 0.182. The molecular weight excluding hydrogens is 206 g/mol. The van der Waals surface area contributed by atoms with Gasteiger partial charge in [0.15, 0.2) is 0 Å². The van der Waals surface area contributed by atoms with Gasteiger partial charge in [0, 0.05) is 24.7 Å². The quantitative estimate of drug-likeness (QED) is 0.859. The summed E-state index contributed by atoms with van der Waals surface area (Å²) < 4.78 is 1.80. The molecular formula is C11H13N3S. The minimum atomic E-state index is 0.573. The van der Waals surface area contributed by atoms with Crippen LogP contribution in [0.15, 0.2) is 46.5 Å². The molecule has 0 atom stereocenters. The van der Waals surface area contributed by atoms with Crippen molar-refractivity contribution in [1.29, 1.82) is 0 Å². The zero-order valence-electron chi connectivity index (χ0n) is 8.55. The van der Waals surface area contributed by atoms with Gasteiger partial charge in [-0.15, -0.1) is 0 Å². The molecule has 0 fully saturated rings. The van der Waals surface area contributed by atoms with E-state index in [0.717, 1.165) is 4.90 Å². The lowest BCUT2D eigenvalue weighted by atomic mass is 10.2. The summed E-state index contributed by atoms with van der Waals surface area (Å²) in [4.78, 5) is 2.34. The highest BCUT2D eigenvalue weighted by Crippen LogP contribution is 2.29. The van der Waals surface area contributed by atoms with E-state index in [-0.39, 0.29) is 0 Å². The largest absolute Gasteiger partial charge is 0.326 e. The molecule has 0 radical (unpaired) electrons. The van der Waals surface area contributed by atoms with Crippen LogP contribution in [0.1, 0.15) is 5.56 Å². The minimum absolute atomic E-state index is 0.573. The van der Waals surface area contributed by atoms with Crippen LogP contribution in [-0.4, -0.2) is 9.78 Å². The molecule has 2 rings (SSSR count). The summed E-state index contributed by atoms with van der Waals surface area (Å²) in [6.45, 7) is 0.573. The van der Waals surface area contributed by atoms with Crippen LogP contribution < -0.4 is 5.73 Å². The Morgan fingerprint density at radius 1 is 1.40 bits per heavy atom. The summed E-state index contributed by atoms with van der Waals surface area (Å²) in [6.07, 6.45) is 3.86. The standard InChI is InChI=1S/C11H13N3S/c1-14-8-10(7-13-14)15-11-5-3-2-4-9(11)6-12/h2-5,7-8H,6,12H2,1H3. The molecule has 2 N–H and O–H groups in total. The normalized spacial score (nSPS) is 10.5. The molecule has 1 aromatic heterocycles. The van der Waals surface area contributed by atoms with E-state index in [9.17, 15) is 0 Å². The Hall–Kier alpha value is -1.26. The maximum atomic E-state index is 5.68. The van der Waals surface area contributed by atoms with Crippen LogP contribution >= 0.6 is 11.8 Å². The predicted octanol–water partition coefficient (Wildman–Crippen LogP) is 2.03. The molecule has 0 saturated heterocycles. The van der Waals surface area contributed by atoms with Gasteiger partial charge in [-0.05, 0) is 11.6 Å². The summed E-state index contributed by atoms with van der Waals surface area (Å²) in [5, 5.41) is 4.13. The van der Waals surface area contributed by atoms with Crippen molar-refractivity contribution >= 4 is 11.8 Å². The molecule has 0 saturated carbocycles. The van der Waals surface area contributed by atoms with Crippen molar-refractivity contribution in [3.8, 4) is 0 Å². The Bertz CT molecular complexity index is 451. The highest BCUT2D eigenvalue weighted by Gasteiger charge is 2.03. The third-order valence-electron chi connectivity index (χ3n) is 2.10. The van der Waals surface area contributed by atoms with E-state index in [1.54, 1.807) is 16.4 Å². The summed E-state index contributed by atoms with van der Waals surface area (Å²) >= 11 is 1.70. The summed E-state index contributed by atoms with van der Waals surface area (Å²) in [5.41, 5.74) is 6.85. The molecule has 1 aromatic carbocycles. The third kappa shape index (κ3) is 2.40. The topological polar surface area (TPSA) is 43.8 Å². The third-order valence-corrected chi connectivity index (χ3v) is 3.17. The van der Waals surface area contributed by atoms with E-state index < -0.39 is 0 Å². The molecule has 4 heteroatoms. The first-order valence-electron chi connectivity index (χ1n) is 4.74. The zero-order chi connectivity index (χ0) is 10.7. The van der Waals surface area contributed by atoms with Crippen LogP contribution in [0, 0.1) is 0 Å². The number of aromatic nitrogens is 2. The molecule has 0 aliphatic heterocycles. The fourth-order valence-electron chi connectivity index (χ4n) is 1.35. The van der Waals surface area contributed by atoms with Crippen LogP contribution in [-0.2, 0) is 13.6 Å². The molecule has 3 nitrogen and oxygen atoms in total.